The van der Waals surface area contributed by atoms with Gasteiger partial charge in [-0.2, -0.15) is 5.26 Å². The van der Waals surface area contributed by atoms with E-state index in [9.17, 15) is 5.26 Å². The maximum Gasteiger partial charge on any atom is 0.141 e. The van der Waals surface area contributed by atoms with Crippen molar-refractivity contribution < 1.29 is 4.74 Å². The zero-order valence-electron chi connectivity index (χ0n) is 9.28. The Morgan fingerprint density at radius 1 is 1.31 bits per heavy atom. The summed E-state index contributed by atoms with van der Waals surface area (Å²) in [5.74, 6) is 0.824. The van der Waals surface area contributed by atoms with Crippen molar-refractivity contribution in [2.24, 2.45) is 0 Å². The predicted molar refractivity (Wildman–Crippen MR) is 62.1 cm³/mol. The van der Waals surface area contributed by atoms with Gasteiger partial charge < -0.3 is 4.74 Å². The molecule has 1 fully saturated rings. The fraction of sp³-hybridized carbons (Fsp3) is 0.462. The minimum Gasteiger partial charge on any atom is -0.491 e. The lowest BCUT2D eigenvalue weighted by Crippen LogP contribution is -2.51. The molecule has 1 heterocycles. The molecule has 0 bridgehead atoms. The molecule has 84 valence electrons. The number of rotatable bonds is 3. The maximum atomic E-state index is 9.23. The first-order valence-corrected chi connectivity index (χ1v) is 5.69. The van der Waals surface area contributed by atoms with Gasteiger partial charge in [0.1, 0.15) is 17.9 Å². The van der Waals surface area contributed by atoms with Crippen molar-refractivity contribution in [3.8, 4) is 11.8 Å². The summed E-state index contributed by atoms with van der Waals surface area (Å²) in [7, 11) is 0. The van der Waals surface area contributed by atoms with Crippen LogP contribution in [0, 0.1) is 11.3 Å². The largest absolute Gasteiger partial charge is 0.491 e. The number of nitrogens with zero attached hydrogens (tertiary/aromatic N) is 1. The Hall–Kier alpha value is -1.53. The maximum absolute atomic E-state index is 9.23. The summed E-state index contributed by atoms with van der Waals surface area (Å²) in [6, 6.07) is 12.0. The van der Waals surface area contributed by atoms with Crippen LogP contribution in [-0.4, -0.2) is 18.7 Å². The zero-order valence-corrected chi connectivity index (χ0v) is 9.28. The third-order valence-electron chi connectivity index (χ3n) is 2.94. The van der Waals surface area contributed by atoms with Crippen LogP contribution in [0.15, 0.2) is 30.3 Å². The van der Waals surface area contributed by atoms with Gasteiger partial charge in [-0.3, -0.25) is 5.32 Å². The van der Waals surface area contributed by atoms with E-state index in [2.05, 4.69) is 11.4 Å². The molecule has 1 saturated heterocycles. The molecule has 1 atom stereocenters. The van der Waals surface area contributed by atoms with Crippen LogP contribution in [0.1, 0.15) is 19.3 Å². The first-order chi connectivity index (χ1) is 7.85. The molecule has 2 rings (SSSR count). The summed E-state index contributed by atoms with van der Waals surface area (Å²) in [5.41, 5.74) is -0.492. The molecule has 3 nitrogen and oxygen atoms in total. The monoisotopic (exact) mass is 216 g/mol. The van der Waals surface area contributed by atoms with E-state index in [1.807, 2.05) is 30.3 Å². The van der Waals surface area contributed by atoms with Gasteiger partial charge in [0.05, 0.1) is 6.07 Å². The third kappa shape index (κ3) is 2.53. The van der Waals surface area contributed by atoms with Gasteiger partial charge >= 0.3 is 0 Å². The van der Waals surface area contributed by atoms with E-state index in [1.165, 1.54) is 0 Å². The number of ether oxygens (including phenoxy) is 1. The third-order valence-corrected chi connectivity index (χ3v) is 2.94. The van der Waals surface area contributed by atoms with E-state index in [-0.39, 0.29) is 0 Å². The first kappa shape index (κ1) is 11.0. The van der Waals surface area contributed by atoms with Crippen molar-refractivity contribution in [2.75, 3.05) is 13.2 Å². The quantitative estimate of drug-likeness (QED) is 0.841. The second-order valence-electron chi connectivity index (χ2n) is 4.18. The average Bonchev–Trinajstić information content (AvgIpc) is 2.39. The number of nitriles is 1. The summed E-state index contributed by atoms with van der Waals surface area (Å²) < 4.78 is 5.65. The number of piperidine rings is 1. The minimum atomic E-state index is -0.492. The molecule has 1 aliphatic rings. The van der Waals surface area contributed by atoms with Crippen LogP contribution >= 0.6 is 0 Å². The van der Waals surface area contributed by atoms with E-state index < -0.39 is 5.54 Å². The van der Waals surface area contributed by atoms with E-state index in [0.29, 0.717) is 6.61 Å². The second-order valence-corrected chi connectivity index (χ2v) is 4.18. The molecule has 0 aromatic heterocycles. The molecule has 16 heavy (non-hydrogen) atoms. The van der Waals surface area contributed by atoms with Crippen LogP contribution in [0.5, 0.6) is 5.75 Å². The van der Waals surface area contributed by atoms with Gasteiger partial charge in [0.15, 0.2) is 0 Å². The second kappa shape index (κ2) is 5.00. The Bertz CT molecular complexity index is 363. The Morgan fingerprint density at radius 2 is 2.12 bits per heavy atom. The molecular formula is C13H16N2O. The van der Waals surface area contributed by atoms with Gasteiger partial charge in [0.2, 0.25) is 0 Å². The Balaban J connectivity index is 1.95. The predicted octanol–water partition coefficient (Wildman–Crippen LogP) is 2.10. The lowest BCUT2D eigenvalue weighted by Gasteiger charge is -2.31. The van der Waals surface area contributed by atoms with Crippen molar-refractivity contribution in [2.45, 2.75) is 24.8 Å². The molecular weight excluding hydrogens is 200 g/mol. The van der Waals surface area contributed by atoms with Crippen molar-refractivity contribution in [3.63, 3.8) is 0 Å². The number of nitrogens with one attached hydrogen (secondary N) is 1. The van der Waals surface area contributed by atoms with Gasteiger partial charge in [-0.25, -0.2) is 0 Å². The Kier molecular flexibility index (Phi) is 3.43. The normalized spacial score (nSPS) is 24.7. The van der Waals surface area contributed by atoms with E-state index in [4.69, 9.17) is 4.74 Å². The van der Waals surface area contributed by atoms with Crippen LogP contribution < -0.4 is 10.1 Å². The molecule has 1 N–H and O–H groups in total. The lowest BCUT2D eigenvalue weighted by molar-refractivity contribution is 0.192. The number of hydrogen-bond donors (Lipinski definition) is 1. The molecule has 0 amide bonds. The summed E-state index contributed by atoms with van der Waals surface area (Å²) in [5, 5.41) is 12.5. The van der Waals surface area contributed by atoms with E-state index in [1.54, 1.807) is 0 Å². The van der Waals surface area contributed by atoms with E-state index in [0.717, 1.165) is 31.6 Å². The zero-order chi connectivity index (χ0) is 11.3. The topological polar surface area (TPSA) is 45.0 Å². The summed E-state index contributed by atoms with van der Waals surface area (Å²) in [6.07, 6.45) is 3.11. The Labute approximate surface area is 96.0 Å². The molecule has 0 aliphatic carbocycles. The van der Waals surface area contributed by atoms with Gasteiger partial charge in [-0.05, 0) is 37.9 Å². The molecule has 0 spiro atoms. The molecule has 1 aromatic carbocycles. The highest BCUT2D eigenvalue weighted by atomic mass is 16.5. The fourth-order valence-corrected chi connectivity index (χ4v) is 1.94. The standard InChI is InChI=1S/C13H16N2O/c14-10-13(8-4-5-9-15-13)11-16-12-6-2-1-3-7-12/h1-3,6-7,15H,4-5,8-9,11H2. The number of para-hydroxylation sites is 1. The Morgan fingerprint density at radius 3 is 2.75 bits per heavy atom. The summed E-state index contributed by atoms with van der Waals surface area (Å²) >= 11 is 0. The van der Waals surface area contributed by atoms with Crippen molar-refractivity contribution in [3.05, 3.63) is 30.3 Å². The summed E-state index contributed by atoms with van der Waals surface area (Å²) in [4.78, 5) is 0. The van der Waals surface area contributed by atoms with Gasteiger partial charge in [0, 0.05) is 0 Å². The smallest absolute Gasteiger partial charge is 0.141 e. The average molecular weight is 216 g/mol. The lowest BCUT2D eigenvalue weighted by atomic mass is 9.91. The number of hydrogen-bond acceptors (Lipinski definition) is 3. The van der Waals surface area contributed by atoms with E-state index >= 15 is 0 Å². The molecule has 1 unspecified atom stereocenters. The SMILES string of the molecule is N#CC1(COc2ccccc2)CCCCN1. The van der Waals surface area contributed by atoms with Crippen molar-refractivity contribution in [1.29, 1.82) is 5.26 Å². The van der Waals surface area contributed by atoms with Crippen LogP contribution in [-0.2, 0) is 0 Å². The van der Waals surface area contributed by atoms with Gasteiger partial charge in [0.25, 0.3) is 0 Å². The highest BCUT2D eigenvalue weighted by Crippen LogP contribution is 2.20. The number of benzene rings is 1. The van der Waals surface area contributed by atoms with Crippen LogP contribution in [0.3, 0.4) is 0 Å². The molecule has 1 aromatic rings. The van der Waals surface area contributed by atoms with Gasteiger partial charge in [-0.1, -0.05) is 18.2 Å². The van der Waals surface area contributed by atoms with Crippen LogP contribution in [0.25, 0.3) is 0 Å². The minimum absolute atomic E-state index is 0.424. The highest BCUT2D eigenvalue weighted by Gasteiger charge is 2.32. The van der Waals surface area contributed by atoms with Crippen molar-refractivity contribution in [1.82, 2.24) is 5.32 Å². The van der Waals surface area contributed by atoms with Crippen LogP contribution in [0.2, 0.25) is 0 Å². The molecule has 3 heteroatoms. The van der Waals surface area contributed by atoms with Crippen molar-refractivity contribution >= 4 is 0 Å². The van der Waals surface area contributed by atoms with Crippen LogP contribution in [0.4, 0.5) is 0 Å². The molecule has 1 aliphatic heterocycles. The highest BCUT2D eigenvalue weighted by molar-refractivity contribution is 5.22. The molecule has 0 radical (unpaired) electrons. The fourth-order valence-electron chi connectivity index (χ4n) is 1.94. The summed E-state index contributed by atoms with van der Waals surface area (Å²) in [6.45, 7) is 1.33. The first-order valence-electron chi connectivity index (χ1n) is 5.69. The van der Waals surface area contributed by atoms with Gasteiger partial charge in [-0.15, -0.1) is 0 Å². The molecule has 0 saturated carbocycles.